The van der Waals surface area contributed by atoms with Gasteiger partial charge in [0.1, 0.15) is 0 Å². The first-order valence-corrected chi connectivity index (χ1v) is 8.53. The molecule has 2 saturated carbocycles. The average Bonchev–Trinajstić information content (AvgIpc) is 3.17. The molecule has 0 N–H and O–H groups in total. The molecule has 1 heterocycles. The van der Waals surface area contributed by atoms with Gasteiger partial charge in [0.25, 0.3) is 0 Å². The number of hydrogen-bond donors (Lipinski definition) is 0. The fourth-order valence-electron chi connectivity index (χ4n) is 5.02. The van der Waals surface area contributed by atoms with Gasteiger partial charge in [-0.2, -0.15) is 0 Å². The first kappa shape index (κ1) is 12.4. The third kappa shape index (κ3) is 2.50. The molecule has 0 spiro atoms. The second-order valence-electron chi connectivity index (χ2n) is 7.32. The van der Waals surface area contributed by atoms with Crippen LogP contribution in [0.2, 0.25) is 0 Å². The molecule has 2 nitrogen and oxygen atoms in total. The van der Waals surface area contributed by atoms with Crippen LogP contribution in [0, 0.1) is 17.8 Å². The summed E-state index contributed by atoms with van der Waals surface area (Å²) in [5.74, 6) is 2.85. The van der Waals surface area contributed by atoms with Crippen LogP contribution < -0.4 is 0 Å². The Hall–Kier alpha value is -0.340. The molecule has 0 radical (unpaired) electrons. The lowest BCUT2D eigenvalue weighted by Crippen LogP contribution is -2.50. The monoisotopic (exact) mass is 260 g/mol. The van der Waals surface area contributed by atoms with E-state index in [9.17, 15) is 0 Å². The van der Waals surface area contributed by atoms with Gasteiger partial charge in [0.05, 0.1) is 0 Å². The van der Waals surface area contributed by atoms with E-state index in [0.29, 0.717) is 0 Å². The van der Waals surface area contributed by atoms with Crippen LogP contribution >= 0.6 is 0 Å². The zero-order valence-electron chi connectivity index (χ0n) is 12.1. The van der Waals surface area contributed by atoms with E-state index in [2.05, 4.69) is 22.0 Å². The standard InChI is InChI=1S/C17H28N2/c1-2-4-17(3-1)19-9-7-18(8-10-19)13-16-12-14-5-6-15(16)11-14/h5-6,14-17H,1-4,7-13H2. The lowest BCUT2D eigenvalue weighted by atomic mass is 9.93. The molecule has 3 atom stereocenters. The second kappa shape index (κ2) is 5.21. The molecular weight excluding hydrogens is 232 g/mol. The van der Waals surface area contributed by atoms with Crippen LogP contribution in [-0.2, 0) is 0 Å². The van der Waals surface area contributed by atoms with Gasteiger partial charge >= 0.3 is 0 Å². The van der Waals surface area contributed by atoms with Gasteiger partial charge in [0, 0.05) is 38.8 Å². The summed E-state index contributed by atoms with van der Waals surface area (Å²) in [6.45, 7) is 6.70. The molecule has 4 rings (SSSR count). The van der Waals surface area contributed by atoms with E-state index >= 15 is 0 Å². The highest BCUT2D eigenvalue weighted by atomic mass is 15.3. The van der Waals surface area contributed by atoms with Crippen molar-refractivity contribution in [3.63, 3.8) is 0 Å². The number of hydrogen-bond acceptors (Lipinski definition) is 2. The molecule has 19 heavy (non-hydrogen) atoms. The van der Waals surface area contributed by atoms with E-state index < -0.39 is 0 Å². The van der Waals surface area contributed by atoms with E-state index in [-0.39, 0.29) is 0 Å². The predicted octanol–water partition coefficient (Wildman–Crippen LogP) is 2.76. The quantitative estimate of drug-likeness (QED) is 0.720. The van der Waals surface area contributed by atoms with Gasteiger partial charge in [-0.25, -0.2) is 0 Å². The average molecular weight is 260 g/mol. The van der Waals surface area contributed by atoms with Crippen molar-refractivity contribution in [3.05, 3.63) is 12.2 Å². The maximum atomic E-state index is 2.78. The van der Waals surface area contributed by atoms with Crippen molar-refractivity contribution in [2.45, 2.75) is 44.6 Å². The van der Waals surface area contributed by atoms with Crippen LogP contribution in [-0.4, -0.2) is 48.6 Å². The summed E-state index contributed by atoms with van der Waals surface area (Å²) in [7, 11) is 0. The van der Waals surface area contributed by atoms with Crippen LogP contribution in [0.15, 0.2) is 12.2 Å². The molecule has 106 valence electrons. The number of piperazine rings is 1. The van der Waals surface area contributed by atoms with Gasteiger partial charge in [-0.3, -0.25) is 4.90 Å². The highest BCUT2D eigenvalue weighted by molar-refractivity contribution is 5.10. The zero-order chi connectivity index (χ0) is 12.7. The molecule has 0 aromatic carbocycles. The van der Waals surface area contributed by atoms with Gasteiger partial charge in [0.15, 0.2) is 0 Å². The molecule has 2 heteroatoms. The van der Waals surface area contributed by atoms with Crippen LogP contribution in [0.25, 0.3) is 0 Å². The van der Waals surface area contributed by atoms with Crippen molar-refractivity contribution in [2.24, 2.45) is 17.8 Å². The third-order valence-electron chi connectivity index (χ3n) is 6.16. The van der Waals surface area contributed by atoms with Crippen molar-refractivity contribution in [2.75, 3.05) is 32.7 Å². The van der Waals surface area contributed by atoms with Gasteiger partial charge in [-0.05, 0) is 43.4 Å². The van der Waals surface area contributed by atoms with Crippen molar-refractivity contribution < 1.29 is 0 Å². The van der Waals surface area contributed by atoms with Crippen molar-refractivity contribution in [1.29, 1.82) is 0 Å². The Labute approximate surface area is 117 Å². The van der Waals surface area contributed by atoms with Gasteiger partial charge in [-0.15, -0.1) is 0 Å². The Bertz CT molecular complexity index is 337. The maximum Gasteiger partial charge on any atom is 0.0113 e. The summed E-state index contributed by atoms with van der Waals surface area (Å²) in [5.41, 5.74) is 0. The zero-order valence-corrected chi connectivity index (χ0v) is 12.1. The molecule has 0 aromatic heterocycles. The SMILES string of the molecule is C1=CC2CC1CC2CN1CCN(C2CCCC2)CC1. The summed E-state index contributed by atoms with van der Waals surface area (Å²) in [4.78, 5) is 5.54. The summed E-state index contributed by atoms with van der Waals surface area (Å²) in [6.07, 6.45) is 13.8. The van der Waals surface area contributed by atoms with E-state index in [1.165, 1.54) is 71.2 Å². The minimum atomic E-state index is 0.929. The van der Waals surface area contributed by atoms with Crippen LogP contribution in [0.1, 0.15) is 38.5 Å². The summed E-state index contributed by atoms with van der Waals surface area (Å²) < 4.78 is 0. The van der Waals surface area contributed by atoms with Gasteiger partial charge < -0.3 is 4.90 Å². The van der Waals surface area contributed by atoms with E-state index in [4.69, 9.17) is 0 Å². The van der Waals surface area contributed by atoms with Crippen molar-refractivity contribution >= 4 is 0 Å². The summed E-state index contributed by atoms with van der Waals surface area (Å²) in [6, 6.07) is 0.938. The summed E-state index contributed by atoms with van der Waals surface area (Å²) in [5, 5.41) is 0. The second-order valence-corrected chi connectivity index (χ2v) is 7.32. The number of allylic oxidation sites excluding steroid dienone is 2. The Morgan fingerprint density at radius 1 is 0.895 bits per heavy atom. The molecule has 0 amide bonds. The summed E-state index contributed by atoms with van der Waals surface area (Å²) >= 11 is 0. The molecule has 1 aliphatic heterocycles. The molecular formula is C17H28N2. The lowest BCUT2D eigenvalue weighted by molar-refractivity contribution is 0.0845. The fraction of sp³-hybridized carbons (Fsp3) is 0.882. The highest BCUT2D eigenvalue weighted by Crippen LogP contribution is 2.43. The maximum absolute atomic E-state index is 2.78. The minimum absolute atomic E-state index is 0.929. The molecule has 0 aromatic rings. The van der Waals surface area contributed by atoms with E-state index in [0.717, 1.165) is 23.8 Å². The smallest absolute Gasteiger partial charge is 0.0113 e. The Morgan fingerprint density at radius 3 is 2.32 bits per heavy atom. The molecule has 4 aliphatic rings. The Balaban J connectivity index is 1.25. The van der Waals surface area contributed by atoms with Gasteiger partial charge in [0.2, 0.25) is 0 Å². The minimum Gasteiger partial charge on any atom is -0.300 e. The normalized spacial score (nSPS) is 40.5. The first-order valence-electron chi connectivity index (χ1n) is 8.53. The van der Waals surface area contributed by atoms with E-state index in [1.807, 2.05) is 0 Å². The van der Waals surface area contributed by atoms with Crippen LogP contribution in [0.4, 0.5) is 0 Å². The number of rotatable bonds is 3. The lowest BCUT2D eigenvalue weighted by Gasteiger charge is -2.39. The predicted molar refractivity (Wildman–Crippen MR) is 79.1 cm³/mol. The van der Waals surface area contributed by atoms with Crippen molar-refractivity contribution in [1.82, 2.24) is 9.80 Å². The topological polar surface area (TPSA) is 6.48 Å². The first-order chi connectivity index (χ1) is 9.38. The van der Waals surface area contributed by atoms with Crippen molar-refractivity contribution in [3.8, 4) is 0 Å². The van der Waals surface area contributed by atoms with Crippen LogP contribution in [0.5, 0.6) is 0 Å². The number of fused-ring (bicyclic) bond motifs is 2. The Kier molecular flexibility index (Phi) is 3.40. The van der Waals surface area contributed by atoms with Gasteiger partial charge in [-0.1, -0.05) is 25.0 Å². The molecule has 3 aliphatic carbocycles. The molecule has 2 bridgehead atoms. The highest BCUT2D eigenvalue weighted by Gasteiger charge is 2.37. The molecule has 3 fully saturated rings. The number of nitrogens with zero attached hydrogens (tertiary/aromatic N) is 2. The Morgan fingerprint density at radius 2 is 1.68 bits per heavy atom. The molecule has 1 saturated heterocycles. The van der Waals surface area contributed by atoms with Crippen LogP contribution in [0.3, 0.4) is 0 Å². The van der Waals surface area contributed by atoms with E-state index in [1.54, 1.807) is 0 Å². The fourth-order valence-corrected chi connectivity index (χ4v) is 5.02. The largest absolute Gasteiger partial charge is 0.300 e. The molecule has 3 unspecified atom stereocenters. The third-order valence-corrected chi connectivity index (χ3v) is 6.16.